The topological polar surface area (TPSA) is 81.2 Å². The third kappa shape index (κ3) is 2.82. The second-order valence-corrected chi connectivity index (χ2v) is 7.72. The zero-order valence-corrected chi connectivity index (χ0v) is 15.9. The van der Waals surface area contributed by atoms with Crippen LogP contribution >= 0.6 is 0 Å². The molecule has 3 heterocycles. The minimum absolute atomic E-state index is 0.0753. The maximum atomic E-state index is 13.2. The number of Topliss-reactive ketones (excluding diaryl/α,β-unsaturated/α-hetero) is 1. The Balaban J connectivity index is 1.41. The van der Waals surface area contributed by atoms with Gasteiger partial charge in [0, 0.05) is 44.2 Å². The summed E-state index contributed by atoms with van der Waals surface area (Å²) in [6.07, 6.45) is 3.34. The Kier molecular flexibility index (Phi) is 4.03. The molecule has 144 valence electrons. The maximum Gasteiger partial charge on any atom is 0.274 e. The fourth-order valence-corrected chi connectivity index (χ4v) is 4.39. The number of likely N-dealkylation sites (tertiary alicyclic amines) is 1. The highest BCUT2D eigenvalue weighted by Gasteiger charge is 2.33. The molecule has 0 saturated carbocycles. The van der Waals surface area contributed by atoms with Gasteiger partial charge in [0.15, 0.2) is 17.2 Å². The van der Waals surface area contributed by atoms with Crippen LogP contribution in [-0.4, -0.2) is 44.4 Å². The second-order valence-electron chi connectivity index (χ2n) is 7.72. The lowest BCUT2D eigenvalue weighted by atomic mass is 9.93. The van der Waals surface area contributed by atoms with Crippen molar-refractivity contribution in [3.8, 4) is 0 Å². The Morgan fingerprint density at radius 1 is 1.25 bits per heavy atom. The molecule has 1 atom stereocenters. The lowest BCUT2D eigenvalue weighted by Gasteiger charge is -2.31. The van der Waals surface area contributed by atoms with Crippen LogP contribution in [0, 0.1) is 0 Å². The Morgan fingerprint density at radius 3 is 2.96 bits per heavy atom. The van der Waals surface area contributed by atoms with Gasteiger partial charge in [0.1, 0.15) is 11.3 Å². The van der Waals surface area contributed by atoms with Crippen LogP contribution < -0.4 is 0 Å². The van der Waals surface area contributed by atoms with Crippen LogP contribution in [0.2, 0.25) is 0 Å². The van der Waals surface area contributed by atoms with Crippen molar-refractivity contribution in [2.75, 3.05) is 13.1 Å². The molecule has 2 aliphatic rings. The molecule has 0 N–H and O–H groups in total. The lowest BCUT2D eigenvalue weighted by molar-refractivity contribution is -0.118. The first-order valence-electron chi connectivity index (χ1n) is 9.81. The number of oxazole rings is 1. The van der Waals surface area contributed by atoms with Gasteiger partial charge in [-0.05, 0) is 31.4 Å². The molecule has 1 aliphatic heterocycles. The van der Waals surface area contributed by atoms with Crippen molar-refractivity contribution < 1.29 is 14.0 Å². The number of amides is 1. The van der Waals surface area contributed by atoms with E-state index in [1.807, 2.05) is 36.2 Å². The summed E-state index contributed by atoms with van der Waals surface area (Å²) in [5, 5.41) is 4.47. The van der Waals surface area contributed by atoms with Crippen LogP contribution in [0.15, 0.2) is 28.7 Å². The number of hydrogen-bond donors (Lipinski definition) is 0. The molecule has 3 aromatic rings. The van der Waals surface area contributed by atoms with E-state index < -0.39 is 0 Å². The quantitative estimate of drug-likeness (QED) is 0.685. The van der Waals surface area contributed by atoms with Gasteiger partial charge < -0.3 is 9.32 Å². The monoisotopic (exact) mass is 378 g/mol. The molecule has 1 aliphatic carbocycles. The van der Waals surface area contributed by atoms with Gasteiger partial charge in [-0.1, -0.05) is 12.1 Å². The predicted molar refractivity (Wildman–Crippen MR) is 102 cm³/mol. The first-order chi connectivity index (χ1) is 13.6. The Bertz CT molecular complexity index is 1050. The number of hydrogen-bond acceptors (Lipinski definition) is 5. The maximum absolute atomic E-state index is 13.2. The summed E-state index contributed by atoms with van der Waals surface area (Å²) in [7, 11) is 1.85. The number of aromatic nitrogens is 3. The van der Waals surface area contributed by atoms with Crippen LogP contribution in [0.25, 0.3) is 11.1 Å². The smallest absolute Gasteiger partial charge is 0.274 e. The van der Waals surface area contributed by atoms with E-state index in [-0.39, 0.29) is 17.6 Å². The standard InChI is InChI=1S/C21H22N4O3/c1-24-17-9-8-14(26)11-15(17)19(23-24)21(27)25-10-4-5-13(12-25)20-22-16-6-2-3-7-18(16)28-20/h2-3,6-7,13H,4-5,8-12H2,1H3. The lowest BCUT2D eigenvalue weighted by Crippen LogP contribution is -2.40. The fourth-order valence-electron chi connectivity index (χ4n) is 4.39. The second kappa shape index (κ2) is 6.58. The molecule has 1 saturated heterocycles. The minimum atomic E-state index is -0.0904. The molecule has 5 rings (SSSR count). The first-order valence-corrected chi connectivity index (χ1v) is 9.81. The molecule has 28 heavy (non-hydrogen) atoms. The van der Waals surface area contributed by atoms with Crippen molar-refractivity contribution in [1.29, 1.82) is 0 Å². The number of ketones is 1. The third-order valence-electron chi connectivity index (χ3n) is 5.86. The average Bonchev–Trinajstić information content (AvgIpc) is 3.29. The van der Waals surface area contributed by atoms with Crippen molar-refractivity contribution in [3.63, 3.8) is 0 Å². The molecule has 1 amide bonds. The van der Waals surface area contributed by atoms with E-state index in [4.69, 9.17) is 4.42 Å². The van der Waals surface area contributed by atoms with Crippen molar-refractivity contribution in [1.82, 2.24) is 19.7 Å². The largest absolute Gasteiger partial charge is 0.440 e. The summed E-state index contributed by atoms with van der Waals surface area (Å²) in [5.41, 5.74) is 3.88. The SMILES string of the molecule is Cn1nc(C(=O)N2CCCC(c3nc4ccccc4o3)C2)c2c1CCC(=O)C2. The molecular weight excluding hydrogens is 356 g/mol. The summed E-state index contributed by atoms with van der Waals surface area (Å²) in [5.74, 6) is 0.855. The van der Waals surface area contributed by atoms with Crippen LogP contribution in [0.1, 0.15) is 52.8 Å². The Morgan fingerprint density at radius 2 is 2.11 bits per heavy atom. The normalized spacial score (nSPS) is 19.8. The summed E-state index contributed by atoms with van der Waals surface area (Å²) >= 11 is 0. The van der Waals surface area contributed by atoms with E-state index in [0.717, 1.165) is 35.2 Å². The molecular formula is C21H22N4O3. The first kappa shape index (κ1) is 17.2. The van der Waals surface area contributed by atoms with E-state index in [1.165, 1.54) is 0 Å². The molecule has 1 unspecified atom stereocenters. The van der Waals surface area contributed by atoms with Crippen molar-refractivity contribution in [2.24, 2.45) is 7.05 Å². The number of fused-ring (bicyclic) bond motifs is 2. The van der Waals surface area contributed by atoms with Crippen LogP contribution in [0.4, 0.5) is 0 Å². The van der Waals surface area contributed by atoms with E-state index >= 15 is 0 Å². The number of benzene rings is 1. The molecule has 2 aromatic heterocycles. The zero-order valence-electron chi connectivity index (χ0n) is 15.9. The Labute approximate surface area is 162 Å². The number of para-hydroxylation sites is 2. The molecule has 0 radical (unpaired) electrons. The summed E-state index contributed by atoms with van der Waals surface area (Å²) < 4.78 is 7.70. The van der Waals surface area contributed by atoms with Gasteiger partial charge in [0.25, 0.3) is 5.91 Å². The van der Waals surface area contributed by atoms with E-state index in [2.05, 4.69) is 10.1 Å². The van der Waals surface area contributed by atoms with Crippen molar-refractivity contribution in [2.45, 2.75) is 38.0 Å². The molecule has 0 bridgehead atoms. The zero-order chi connectivity index (χ0) is 19.3. The summed E-state index contributed by atoms with van der Waals surface area (Å²) in [4.78, 5) is 31.6. The number of piperidine rings is 1. The van der Waals surface area contributed by atoms with Crippen LogP contribution in [-0.2, 0) is 24.7 Å². The minimum Gasteiger partial charge on any atom is -0.440 e. The van der Waals surface area contributed by atoms with Gasteiger partial charge in [-0.3, -0.25) is 14.3 Å². The number of carbonyl (C=O) groups excluding carboxylic acids is 2. The highest BCUT2D eigenvalue weighted by molar-refractivity contribution is 5.96. The number of aryl methyl sites for hydroxylation is 1. The highest BCUT2D eigenvalue weighted by atomic mass is 16.3. The number of nitrogens with zero attached hydrogens (tertiary/aromatic N) is 4. The molecule has 0 spiro atoms. The molecule has 7 nitrogen and oxygen atoms in total. The third-order valence-corrected chi connectivity index (χ3v) is 5.86. The van der Waals surface area contributed by atoms with Gasteiger partial charge in [0.2, 0.25) is 0 Å². The van der Waals surface area contributed by atoms with Crippen LogP contribution in [0.3, 0.4) is 0 Å². The Hall–Kier alpha value is -2.96. The van der Waals surface area contributed by atoms with Gasteiger partial charge in [-0.25, -0.2) is 4.98 Å². The molecule has 7 heteroatoms. The average molecular weight is 378 g/mol. The van der Waals surface area contributed by atoms with Crippen LogP contribution in [0.5, 0.6) is 0 Å². The van der Waals surface area contributed by atoms with Gasteiger partial charge >= 0.3 is 0 Å². The fraction of sp³-hybridized carbons (Fsp3) is 0.429. The number of rotatable bonds is 2. The van der Waals surface area contributed by atoms with Gasteiger partial charge in [-0.15, -0.1) is 0 Å². The highest BCUT2D eigenvalue weighted by Crippen LogP contribution is 2.30. The predicted octanol–water partition coefficient (Wildman–Crippen LogP) is 2.64. The van der Waals surface area contributed by atoms with Crippen molar-refractivity contribution in [3.05, 3.63) is 47.1 Å². The molecule has 1 aromatic carbocycles. The number of carbonyl (C=O) groups is 2. The molecule has 1 fully saturated rings. The van der Waals surface area contributed by atoms with E-state index in [0.29, 0.717) is 43.9 Å². The van der Waals surface area contributed by atoms with E-state index in [1.54, 1.807) is 4.68 Å². The van der Waals surface area contributed by atoms with Crippen molar-refractivity contribution >= 4 is 22.8 Å². The van der Waals surface area contributed by atoms with Gasteiger partial charge in [-0.2, -0.15) is 5.10 Å². The van der Waals surface area contributed by atoms with Gasteiger partial charge in [0.05, 0.1) is 5.92 Å². The van der Waals surface area contributed by atoms with E-state index in [9.17, 15) is 9.59 Å². The summed E-state index contributed by atoms with van der Waals surface area (Å²) in [6, 6.07) is 7.72. The summed E-state index contributed by atoms with van der Waals surface area (Å²) in [6.45, 7) is 1.25.